The molecular formula is C17H28O2. The lowest BCUT2D eigenvalue weighted by Crippen LogP contribution is -2.59. The molecule has 3 aliphatic carbocycles. The Morgan fingerprint density at radius 3 is 2.47 bits per heavy atom. The average molecular weight is 264 g/mol. The number of aliphatic hydroxyl groups excluding tert-OH is 1. The zero-order valence-electron chi connectivity index (χ0n) is 12.6. The molecule has 3 rings (SSSR count). The van der Waals surface area contributed by atoms with E-state index in [1.54, 1.807) is 0 Å². The van der Waals surface area contributed by atoms with Crippen molar-refractivity contribution < 1.29 is 9.90 Å². The van der Waals surface area contributed by atoms with E-state index in [2.05, 4.69) is 20.8 Å². The molecule has 0 aliphatic heterocycles. The van der Waals surface area contributed by atoms with Gasteiger partial charge in [-0.2, -0.15) is 0 Å². The first kappa shape index (κ1) is 13.6. The number of aliphatic hydroxyl groups is 1. The van der Waals surface area contributed by atoms with Crippen molar-refractivity contribution in [1.82, 2.24) is 0 Å². The summed E-state index contributed by atoms with van der Waals surface area (Å²) in [5, 5.41) is 10.3. The van der Waals surface area contributed by atoms with E-state index in [0.29, 0.717) is 12.3 Å². The van der Waals surface area contributed by atoms with E-state index in [4.69, 9.17) is 0 Å². The molecule has 0 amide bonds. The molecule has 0 spiro atoms. The molecule has 0 aromatic heterocycles. The molecule has 19 heavy (non-hydrogen) atoms. The normalized spacial score (nSPS) is 49.4. The zero-order chi connectivity index (χ0) is 13.8. The van der Waals surface area contributed by atoms with Gasteiger partial charge in [0.25, 0.3) is 0 Å². The molecule has 3 aliphatic rings. The van der Waals surface area contributed by atoms with Crippen LogP contribution in [0.15, 0.2) is 0 Å². The molecule has 0 bridgehead atoms. The van der Waals surface area contributed by atoms with Crippen molar-refractivity contribution >= 4 is 5.78 Å². The number of carbonyl (C=O) groups excluding carboxylic acids is 1. The highest BCUT2D eigenvalue weighted by molar-refractivity contribution is 5.89. The molecule has 2 heteroatoms. The van der Waals surface area contributed by atoms with Crippen molar-refractivity contribution in [2.24, 2.45) is 28.6 Å². The molecular weight excluding hydrogens is 236 g/mol. The van der Waals surface area contributed by atoms with E-state index < -0.39 is 6.10 Å². The third kappa shape index (κ3) is 1.82. The van der Waals surface area contributed by atoms with Crippen molar-refractivity contribution in [1.29, 1.82) is 0 Å². The SMILES string of the molecule is CC1(C)C(=O)[C@@H](O)C[C@]2(C)[C@H]3CCCC[C@@H]3CC[C@@H]12. The predicted molar refractivity (Wildman–Crippen MR) is 75.7 cm³/mol. The van der Waals surface area contributed by atoms with Crippen LogP contribution in [0.25, 0.3) is 0 Å². The van der Waals surface area contributed by atoms with E-state index in [1.807, 2.05) is 0 Å². The standard InChI is InChI=1S/C17H28O2/c1-16(2)14-9-8-11-6-4-5-7-12(11)17(14,3)10-13(18)15(16)19/h11-14,18H,4-10H2,1-3H3/t11-,12+,13+,14+,17-/m1/s1. The quantitative estimate of drug-likeness (QED) is 0.726. The van der Waals surface area contributed by atoms with Crippen molar-refractivity contribution in [2.75, 3.05) is 0 Å². The Kier molecular flexibility index (Phi) is 3.09. The van der Waals surface area contributed by atoms with E-state index in [0.717, 1.165) is 11.8 Å². The summed E-state index contributed by atoms with van der Waals surface area (Å²) >= 11 is 0. The van der Waals surface area contributed by atoms with E-state index in [1.165, 1.54) is 38.5 Å². The molecule has 3 saturated carbocycles. The number of carbonyl (C=O) groups is 1. The van der Waals surface area contributed by atoms with Gasteiger partial charge < -0.3 is 5.11 Å². The Labute approximate surface area is 117 Å². The molecule has 5 atom stereocenters. The van der Waals surface area contributed by atoms with Gasteiger partial charge in [-0.15, -0.1) is 0 Å². The lowest BCUT2D eigenvalue weighted by molar-refractivity contribution is -0.171. The number of fused-ring (bicyclic) bond motifs is 3. The largest absolute Gasteiger partial charge is 0.385 e. The van der Waals surface area contributed by atoms with Crippen LogP contribution in [0.3, 0.4) is 0 Å². The number of hydrogen-bond donors (Lipinski definition) is 1. The Hall–Kier alpha value is -0.370. The minimum absolute atomic E-state index is 0.0873. The van der Waals surface area contributed by atoms with Crippen LogP contribution in [0, 0.1) is 28.6 Å². The second-order valence-corrected chi connectivity index (χ2v) is 8.09. The van der Waals surface area contributed by atoms with Gasteiger partial charge in [-0.1, -0.05) is 40.0 Å². The van der Waals surface area contributed by atoms with Gasteiger partial charge in [0.05, 0.1) is 0 Å². The minimum Gasteiger partial charge on any atom is -0.385 e. The van der Waals surface area contributed by atoms with Crippen LogP contribution in [0.4, 0.5) is 0 Å². The molecule has 0 radical (unpaired) electrons. The number of ketones is 1. The third-order valence-corrected chi connectivity index (χ3v) is 6.82. The number of rotatable bonds is 0. The molecule has 0 aromatic rings. The topological polar surface area (TPSA) is 37.3 Å². The maximum Gasteiger partial charge on any atom is 0.167 e. The lowest BCUT2D eigenvalue weighted by atomic mass is 9.44. The summed E-state index contributed by atoms with van der Waals surface area (Å²) < 4.78 is 0. The van der Waals surface area contributed by atoms with E-state index in [9.17, 15) is 9.90 Å². The van der Waals surface area contributed by atoms with E-state index >= 15 is 0 Å². The average Bonchev–Trinajstić information content (AvgIpc) is 2.36. The van der Waals surface area contributed by atoms with Gasteiger partial charge in [0.1, 0.15) is 6.10 Å². The predicted octanol–water partition coefficient (Wildman–Crippen LogP) is 3.57. The van der Waals surface area contributed by atoms with Crippen molar-refractivity contribution in [3.8, 4) is 0 Å². The van der Waals surface area contributed by atoms with Crippen molar-refractivity contribution in [3.05, 3.63) is 0 Å². The molecule has 0 saturated heterocycles. The van der Waals surface area contributed by atoms with Gasteiger partial charge in [0.2, 0.25) is 0 Å². The summed E-state index contributed by atoms with van der Waals surface area (Å²) in [5.74, 6) is 2.15. The van der Waals surface area contributed by atoms with Crippen LogP contribution in [-0.2, 0) is 4.79 Å². The smallest absolute Gasteiger partial charge is 0.167 e. The monoisotopic (exact) mass is 264 g/mol. The highest BCUT2D eigenvalue weighted by atomic mass is 16.3. The molecule has 1 N–H and O–H groups in total. The Balaban J connectivity index is 1.98. The fraction of sp³-hybridized carbons (Fsp3) is 0.941. The Morgan fingerprint density at radius 1 is 1.05 bits per heavy atom. The summed E-state index contributed by atoms with van der Waals surface area (Å²) in [7, 11) is 0. The van der Waals surface area contributed by atoms with Crippen LogP contribution < -0.4 is 0 Å². The van der Waals surface area contributed by atoms with Crippen LogP contribution in [-0.4, -0.2) is 17.0 Å². The fourth-order valence-electron chi connectivity index (χ4n) is 5.98. The van der Waals surface area contributed by atoms with Gasteiger partial charge in [-0.05, 0) is 48.9 Å². The second-order valence-electron chi connectivity index (χ2n) is 8.09. The van der Waals surface area contributed by atoms with Crippen LogP contribution in [0.5, 0.6) is 0 Å². The fourth-order valence-corrected chi connectivity index (χ4v) is 5.98. The molecule has 0 unspecified atom stereocenters. The summed E-state index contributed by atoms with van der Waals surface area (Å²) in [6, 6.07) is 0. The number of hydrogen-bond acceptors (Lipinski definition) is 2. The first-order valence-corrected chi connectivity index (χ1v) is 8.10. The third-order valence-electron chi connectivity index (χ3n) is 6.82. The van der Waals surface area contributed by atoms with Gasteiger partial charge >= 0.3 is 0 Å². The first-order chi connectivity index (χ1) is 8.87. The zero-order valence-corrected chi connectivity index (χ0v) is 12.6. The van der Waals surface area contributed by atoms with Crippen LogP contribution in [0.2, 0.25) is 0 Å². The van der Waals surface area contributed by atoms with E-state index in [-0.39, 0.29) is 16.6 Å². The molecule has 108 valence electrons. The maximum atomic E-state index is 12.4. The van der Waals surface area contributed by atoms with Gasteiger partial charge in [0.15, 0.2) is 5.78 Å². The Morgan fingerprint density at radius 2 is 1.74 bits per heavy atom. The highest BCUT2D eigenvalue weighted by Crippen LogP contribution is 2.62. The molecule has 2 nitrogen and oxygen atoms in total. The summed E-state index contributed by atoms with van der Waals surface area (Å²) in [6.45, 7) is 6.52. The molecule has 3 fully saturated rings. The van der Waals surface area contributed by atoms with Gasteiger partial charge in [-0.25, -0.2) is 0 Å². The lowest BCUT2D eigenvalue weighted by Gasteiger charge is -2.60. The van der Waals surface area contributed by atoms with Crippen LogP contribution >= 0.6 is 0 Å². The van der Waals surface area contributed by atoms with Crippen molar-refractivity contribution in [2.45, 2.75) is 71.8 Å². The Bertz CT molecular complexity index is 387. The molecule has 0 heterocycles. The summed E-state index contributed by atoms with van der Waals surface area (Å²) in [4.78, 5) is 12.4. The summed E-state index contributed by atoms with van der Waals surface area (Å²) in [6.07, 6.45) is 7.88. The van der Waals surface area contributed by atoms with Crippen molar-refractivity contribution in [3.63, 3.8) is 0 Å². The highest BCUT2D eigenvalue weighted by Gasteiger charge is 2.59. The second kappa shape index (κ2) is 4.31. The summed E-state index contributed by atoms with van der Waals surface area (Å²) in [5.41, 5.74) is -0.158. The number of Topliss-reactive ketones (excluding diaryl/α,β-unsaturated/α-hetero) is 1. The first-order valence-electron chi connectivity index (χ1n) is 8.10. The molecule has 0 aromatic carbocycles. The minimum atomic E-state index is -0.725. The van der Waals surface area contributed by atoms with Crippen LogP contribution in [0.1, 0.15) is 65.7 Å². The van der Waals surface area contributed by atoms with Gasteiger partial charge in [-0.3, -0.25) is 4.79 Å². The van der Waals surface area contributed by atoms with Gasteiger partial charge in [0, 0.05) is 5.41 Å². The maximum absolute atomic E-state index is 12.4.